The summed E-state index contributed by atoms with van der Waals surface area (Å²) in [5.74, 6) is 0. The molecule has 0 saturated carbocycles. The number of rotatable bonds is 2. The molecule has 0 saturated heterocycles. The molecule has 0 atom stereocenters. The molecule has 0 amide bonds. The van der Waals surface area contributed by atoms with Gasteiger partial charge in [-0.3, -0.25) is 9.78 Å². The molecule has 2 heterocycles. The fraction of sp³-hybridized carbons (Fsp3) is 0.0667. The van der Waals surface area contributed by atoms with Gasteiger partial charge in [-0.25, -0.2) is 0 Å². The van der Waals surface area contributed by atoms with Crippen LogP contribution < -0.4 is 0 Å². The van der Waals surface area contributed by atoms with Crippen molar-refractivity contribution in [2.45, 2.75) is 6.92 Å². The van der Waals surface area contributed by atoms with Crippen molar-refractivity contribution in [1.29, 1.82) is 0 Å². The van der Waals surface area contributed by atoms with Gasteiger partial charge in [0.2, 0.25) is 0 Å². The number of nitrogens with one attached hydrogen (secondary N) is 1. The van der Waals surface area contributed by atoms with Gasteiger partial charge in [0.1, 0.15) is 0 Å². The normalized spacial score (nSPS) is 10.7. The SMILES string of the molecule is Cc1ccccc1-c1[nH]c2cccnc2c1C=O. The Morgan fingerprint density at radius 3 is 2.78 bits per heavy atom. The van der Waals surface area contributed by atoms with E-state index in [0.717, 1.165) is 34.1 Å². The molecular weight excluding hydrogens is 224 g/mol. The number of H-pyrrole nitrogens is 1. The lowest BCUT2D eigenvalue weighted by Crippen LogP contribution is -1.88. The topological polar surface area (TPSA) is 45.8 Å². The van der Waals surface area contributed by atoms with E-state index in [0.29, 0.717) is 5.56 Å². The van der Waals surface area contributed by atoms with Crippen LogP contribution in [0.15, 0.2) is 42.6 Å². The third kappa shape index (κ3) is 1.52. The van der Waals surface area contributed by atoms with Crippen LogP contribution in [-0.4, -0.2) is 16.3 Å². The zero-order chi connectivity index (χ0) is 12.5. The van der Waals surface area contributed by atoms with Crippen molar-refractivity contribution in [3.05, 3.63) is 53.7 Å². The maximum Gasteiger partial charge on any atom is 0.154 e. The summed E-state index contributed by atoms with van der Waals surface area (Å²) in [4.78, 5) is 18.9. The molecular formula is C15H12N2O. The number of hydrogen-bond acceptors (Lipinski definition) is 2. The zero-order valence-electron chi connectivity index (χ0n) is 9.97. The summed E-state index contributed by atoms with van der Waals surface area (Å²) in [6.07, 6.45) is 2.57. The quantitative estimate of drug-likeness (QED) is 0.693. The smallest absolute Gasteiger partial charge is 0.154 e. The minimum atomic E-state index is 0.625. The first kappa shape index (κ1) is 10.7. The molecule has 1 N–H and O–H groups in total. The average molecular weight is 236 g/mol. The first-order valence-corrected chi connectivity index (χ1v) is 5.79. The first-order valence-electron chi connectivity index (χ1n) is 5.79. The maximum atomic E-state index is 11.3. The molecule has 3 nitrogen and oxygen atoms in total. The zero-order valence-corrected chi connectivity index (χ0v) is 9.97. The van der Waals surface area contributed by atoms with E-state index in [2.05, 4.69) is 9.97 Å². The third-order valence-corrected chi connectivity index (χ3v) is 3.12. The number of carbonyl (C=O) groups is 1. The van der Waals surface area contributed by atoms with Gasteiger partial charge in [0.25, 0.3) is 0 Å². The van der Waals surface area contributed by atoms with Crippen molar-refractivity contribution in [3.8, 4) is 11.3 Å². The summed E-state index contributed by atoms with van der Waals surface area (Å²) < 4.78 is 0. The number of benzene rings is 1. The van der Waals surface area contributed by atoms with Gasteiger partial charge in [-0.05, 0) is 24.6 Å². The summed E-state index contributed by atoms with van der Waals surface area (Å²) in [6.45, 7) is 2.03. The van der Waals surface area contributed by atoms with Crippen LogP contribution in [0.3, 0.4) is 0 Å². The third-order valence-electron chi connectivity index (χ3n) is 3.12. The highest BCUT2D eigenvalue weighted by Crippen LogP contribution is 2.29. The number of aryl methyl sites for hydroxylation is 1. The summed E-state index contributed by atoms with van der Waals surface area (Å²) in [5.41, 5.74) is 5.25. The van der Waals surface area contributed by atoms with Crippen LogP contribution in [0.5, 0.6) is 0 Å². The van der Waals surface area contributed by atoms with Gasteiger partial charge in [-0.1, -0.05) is 24.3 Å². The van der Waals surface area contributed by atoms with Crippen molar-refractivity contribution >= 4 is 17.3 Å². The average Bonchev–Trinajstić information content (AvgIpc) is 2.77. The molecule has 0 aliphatic rings. The second-order valence-corrected chi connectivity index (χ2v) is 4.25. The minimum Gasteiger partial charge on any atom is -0.353 e. The second kappa shape index (κ2) is 4.11. The number of nitrogens with zero attached hydrogens (tertiary/aromatic N) is 1. The Hall–Kier alpha value is -2.42. The summed E-state index contributed by atoms with van der Waals surface area (Å²) >= 11 is 0. The van der Waals surface area contributed by atoms with Gasteiger partial charge in [-0.15, -0.1) is 0 Å². The number of hydrogen-bond donors (Lipinski definition) is 1. The van der Waals surface area contributed by atoms with Crippen molar-refractivity contribution in [2.24, 2.45) is 0 Å². The molecule has 0 unspecified atom stereocenters. The van der Waals surface area contributed by atoms with Crippen molar-refractivity contribution < 1.29 is 4.79 Å². The largest absolute Gasteiger partial charge is 0.353 e. The van der Waals surface area contributed by atoms with Gasteiger partial charge in [0.05, 0.1) is 22.3 Å². The summed E-state index contributed by atoms with van der Waals surface area (Å²) in [7, 11) is 0. The number of aromatic amines is 1. The molecule has 0 radical (unpaired) electrons. The monoisotopic (exact) mass is 236 g/mol. The number of carbonyl (C=O) groups excluding carboxylic acids is 1. The van der Waals surface area contributed by atoms with Crippen LogP contribution in [0.25, 0.3) is 22.3 Å². The molecule has 0 spiro atoms. The fourth-order valence-corrected chi connectivity index (χ4v) is 2.22. The fourth-order valence-electron chi connectivity index (χ4n) is 2.22. The molecule has 0 fully saturated rings. The van der Waals surface area contributed by atoms with Gasteiger partial charge in [0.15, 0.2) is 6.29 Å². The molecule has 0 bridgehead atoms. The van der Waals surface area contributed by atoms with Crippen LogP contribution in [0.1, 0.15) is 15.9 Å². The van der Waals surface area contributed by atoms with Crippen LogP contribution in [0, 0.1) is 6.92 Å². The van der Waals surface area contributed by atoms with Crippen molar-refractivity contribution in [3.63, 3.8) is 0 Å². The Balaban J connectivity index is 2.36. The lowest BCUT2D eigenvalue weighted by atomic mass is 10.0. The van der Waals surface area contributed by atoms with E-state index in [-0.39, 0.29) is 0 Å². The molecule has 18 heavy (non-hydrogen) atoms. The van der Waals surface area contributed by atoms with Gasteiger partial charge < -0.3 is 4.98 Å². The van der Waals surface area contributed by atoms with Gasteiger partial charge in [-0.2, -0.15) is 0 Å². The minimum absolute atomic E-state index is 0.625. The molecule has 88 valence electrons. The van der Waals surface area contributed by atoms with E-state index in [1.165, 1.54) is 0 Å². The number of fused-ring (bicyclic) bond motifs is 1. The van der Waals surface area contributed by atoms with Crippen molar-refractivity contribution in [2.75, 3.05) is 0 Å². The lowest BCUT2D eigenvalue weighted by Gasteiger charge is -2.03. The molecule has 0 aliphatic carbocycles. The van der Waals surface area contributed by atoms with E-state index in [1.807, 2.05) is 43.3 Å². The van der Waals surface area contributed by atoms with Crippen LogP contribution >= 0.6 is 0 Å². The Morgan fingerprint density at radius 2 is 2.00 bits per heavy atom. The van der Waals surface area contributed by atoms with Gasteiger partial charge in [0, 0.05) is 11.8 Å². The Morgan fingerprint density at radius 1 is 1.17 bits per heavy atom. The Kier molecular flexibility index (Phi) is 2.45. The van der Waals surface area contributed by atoms with E-state index >= 15 is 0 Å². The Labute approximate surface area is 104 Å². The highest BCUT2D eigenvalue weighted by Gasteiger charge is 2.14. The standard InChI is InChI=1S/C15H12N2O/c1-10-5-2-3-6-11(10)14-12(9-18)15-13(17-14)7-4-8-16-15/h2-9,17H,1H3. The van der Waals surface area contributed by atoms with E-state index in [1.54, 1.807) is 6.20 Å². The van der Waals surface area contributed by atoms with Crippen LogP contribution in [0.2, 0.25) is 0 Å². The molecule has 3 aromatic rings. The number of aldehydes is 1. The number of pyridine rings is 1. The number of aromatic nitrogens is 2. The van der Waals surface area contributed by atoms with E-state index < -0.39 is 0 Å². The lowest BCUT2D eigenvalue weighted by molar-refractivity contribution is 0.112. The highest BCUT2D eigenvalue weighted by molar-refractivity contribution is 6.02. The molecule has 3 heteroatoms. The Bertz CT molecular complexity index is 728. The van der Waals surface area contributed by atoms with E-state index in [4.69, 9.17) is 0 Å². The van der Waals surface area contributed by atoms with Crippen LogP contribution in [0.4, 0.5) is 0 Å². The predicted molar refractivity (Wildman–Crippen MR) is 71.7 cm³/mol. The van der Waals surface area contributed by atoms with Crippen molar-refractivity contribution in [1.82, 2.24) is 9.97 Å². The van der Waals surface area contributed by atoms with Crippen LogP contribution in [-0.2, 0) is 0 Å². The second-order valence-electron chi connectivity index (χ2n) is 4.25. The molecule has 1 aromatic carbocycles. The predicted octanol–water partition coefficient (Wildman–Crippen LogP) is 3.35. The molecule has 0 aliphatic heterocycles. The summed E-state index contributed by atoms with van der Waals surface area (Å²) in [5, 5.41) is 0. The molecule has 2 aromatic heterocycles. The maximum absolute atomic E-state index is 11.3. The summed E-state index contributed by atoms with van der Waals surface area (Å²) in [6, 6.07) is 11.8. The van der Waals surface area contributed by atoms with E-state index in [9.17, 15) is 4.79 Å². The highest BCUT2D eigenvalue weighted by atomic mass is 16.1. The molecule has 3 rings (SSSR count). The van der Waals surface area contributed by atoms with Gasteiger partial charge >= 0.3 is 0 Å². The first-order chi connectivity index (χ1) is 8.81.